The van der Waals surface area contributed by atoms with Crippen LogP contribution in [0.3, 0.4) is 0 Å². The van der Waals surface area contributed by atoms with Crippen LogP contribution in [0.4, 0.5) is 0 Å². The molecule has 0 N–H and O–H groups in total. The van der Waals surface area contributed by atoms with Gasteiger partial charge in [-0.3, -0.25) is 4.79 Å². The van der Waals surface area contributed by atoms with Crippen LogP contribution in [0.2, 0.25) is 0 Å². The first-order valence-electron chi connectivity index (χ1n) is 9.01. The van der Waals surface area contributed by atoms with Crippen LogP contribution >= 0.6 is 0 Å². The number of fused-ring (bicyclic) bond motifs is 2. The van der Waals surface area contributed by atoms with E-state index in [1.807, 2.05) is 54.6 Å². The van der Waals surface area contributed by atoms with E-state index in [1.54, 1.807) is 6.07 Å². The van der Waals surface area contributed by atoms with Gasteiger partial charge in [-0.15, -0.1) is 0 Å². The van der Waals surface area contributed by atoms with Gasteiger partial charge in [0.15, 0.2) is 5.43 Å². The summed E-state index contributed by atoms with van der Waals surface area (Å²) in [6, 6.07) is 34.4. The molecule has 0 aliphatic heterocycles. The third kappa shape index (κ3) is 2.63. The smallest absolute Gasteiger partial charge is 0.190 e. The van der Waals surface area contributed by atoms with Gasteiger partial charge in [0.05, 0.1) is 11.2 Å². The van der Waals surface area contributed by atoms with Crippen LogP contribution in [0.5, 0.6) is 0 Å². The molecule has 0 aliphatic rings. The Balaban J connectivity index is 1.89. The van der Waals surface area contributed by atoms with Crippen molar-refractivity contribution >= 4 is 21.7 Å². The summed E-state index contributed by atoms with van der Waals surface area (Å²) in [5, 5.41) is 3.08. The molecule has 0 amide bonds. The van der Waals surface area contributed by atoms with Crippen molar-refractivity contribution in [2.75, 3.05) is 0 Å². The van der Waals surface area contributed by atoms with Crippen LogP contribution < -0.4 is 5.43 Å². The van der Waals surface area contributed by atoms with Gasteiger partial charge >= 0.3 is 0 Å². The molecule has 1 heterocycles. The number of rotatable bonds is 2. The maximum Gasteiger partial charge on any atom is 0.190 e. The Labute approximate surface area is 157 Å². The molecule has 5 rings (SSSR count). The molecule has 0 radical (unpaired) electrons. The van der Waals surface area contributed by atoms with Crippen LogP contribution in [0.1, 0.15) is 0 Å². The first-order valence-corrected chi connectivity index (χ1v) is 9.01. The number of aromatic nitrogens is 1. The summed E-state index contributed by atoms with van der Waals surface area (Å²) in [5.41, 5.74) is 3.92. The summed E-state index contributed by atoms with van der Waals surface area (Å²) in [7, 11) is 0. The second-order valence-corrected chi connectivity index (χ2v) is 6.64. The summed E-state index contributed by atoms with van der Waals surface area (Å²) < 4.78 is 2.17. The average Bonchev–Trinajstić information content (AvgIpc) is 2.74. The number of para-hydroxylation sites is 2. The van der Waals surface area contributed by atoms with Gasteiger partial charge in [0.25, 0.3) is 0 Å². The van der Waals surface area contributed by atoms with Gasteiger partial charge in [-0.05, 0) is 46.7 Å². The van der Waals surface area contributed by atoms with Crippen molar-refractivity contribution in [3.63, 3.8) is 0 Å². The highest BCUT2D eigenvalue weighted by atomic mass is 16.1. The minimum absolute atomic E-state index is 0.0425. The van der Waals surface area contributed by atoms with E-state index >= 15 is 0 Å². The lowest BCUT2D eigenvalue weighted by Gasteiger charge is -2.17. The molecule has 2 heteroatoms. The van der Waals surface area contributed by atoms with E-state index in [2.05, 4.69) is 47.0 Å². The van der Waals surface area contributed by atoms with Crippen LogP contribution in [-0.2, 0) is 0 Å². The zero-order valence-corrected chi connectivity index (χ0v) is 14.7. The molecule has 0 bridgehead atoms. The van der Waals surface area contributed by atoms with Crippen LogP contribution in [0, 0.1) is 0 Å². The highest BCUT2D eigenvalue weighted by Gasteiger charge is 2.12. The van der Waals surface area contributed by atoms with Crippen molar-refractivity contribution < 1.29 is 0 Å². The second-order valence-electron chi connectivity index (χ2n) is 6.64. The van der Waals surface area contributed by atoms with E-state index in [0.29, 0.717) is 0 Å². The SMILES string of the molecule is O=c1cc(-c2ccc3ccccc3c2)n(-c2ccccc2)c2ccccc12. The Morgan fingerprint density at radius 2 is 1.30 bits per heavy atom. The van der Waals surface area contributed by atoms with E-state index in [0.717, 1.165) is 33.2 Å². The summed E-state index contributed by atoms with van der Waals surface area (Å²) >= 11 is 0. The van der Waals surface area contributed by atoms with Gasteiger partial charge in [-0.2, -0.15) is 0 Å². The van der Waals surface area contributed by atoms with Crippen LogP contribution in [0.15, 0.2) is 108 Å². The molecule has 5 aromatic rings. The van der Waals surface area contributed by atoms with E-state index in [1.165, 1.54) is 5.39 Å². The van der Waals surface area contributed by atoms with E-state index in [9.17, 15) is 4.79 Å². The van der Waals surface area contributed by atoms with Crippen LogP contribution in [0.25, 0.3) is 38.6 Å². The zero-order chi connectivity index (χ0) is 18.2. The number of hydrogen-bond donors (Lipinski definition) is 0. The summed E-state index contributed by atoms with van der Waals surface area (Å²) in [4.78, 5) is 12.8. The molecule has 0 spiro atoms. The van der Waals surface area contributed by atoms with E-state index in [-0.39, 0.29) is 5.43 Å². The molecule has 0 aliphatic carbocycles. The van der Waals surface area contributed by atoms with Gasteiger partial charge in [0.2, 0.25) is 0 Å². The Morgan fingerprint density at radius 3 is 2.15 bits per heavy atom. The lowest BCUT2D eigenvalue weighted by atomic mass is 10.0. The molecule has 0 saturated carbocycles. The molecule has 4 aromatic carbocycles. The maximum absolute atomic E-state index is 12.8. The van der Waals surface area contributed by atoms with Crippen molar-refractivity contribution in [1.82, 2.24) is 4.57 Å². The zero-order valence-electron chi connectivity index (χ0n) is 14.7. The largest absolute Gasteiger partial charge is 0.309 e. The molecule has 0 fully saturated rings. The first kappa shape index (κ1) is 15.6. The van der Waals surface area contributed by atoms with Gasteiger partial charge in [0.1, 0.15) is 0 Å². The molecule has 27 heavy (non-hydrogen) atoms. The lowest BCUT2D eigenvalue weighted by molar-refractivity contribution is 1.11. The van der Waals surface area contributed by atoms with Crippen molar-refractivity contribution in [2.24, 2.45) is 0 Å². The maximum atomic E-state index is 12.8. The fraction of sp³-hybridized carbons (Fsp3) is 0. The van der Waals surface area contributed by atoms with Gasteiger partial charge in [-0.1, -0.05) is 66.7 Å². The molecule has 1 aromatic heterocycles. The molecule has 128 valence electrons. The highest BCUT2D eigenvalue weighted by Crippen LogP contribution is 2.29. The highest BCUT2D eigenvalue weighted by molar-refractivity contribution is 5.89. The summed E-state index contributed by atoms with van der Waals surface area (Å²) in [5.74, 6) is 0. The van der Waals surface area contributed by atoms with Crippen molar-refractivity contribution in [1.29, 1.82) is 0 Å². The monoisotopic (exact) mass is 347 g/mol. The number of hydrogen-bond acceptors (Lipinski definition) is 1. The molecule has 0 unspecified atom stereocenters. The fourth-order valence-corrected chi connectivity index (χ4v) is 3.69. The minimum Gasteiger partial charge on any atom is -0.309 e. The second kappa shape index (κ2) is 6.26. The molecule has 0 saturated heterocycles. The average molecular weight is 347 g/mol. The van der Waals surface area contributed by atoms with Gasteiger partial charge in [0, 0.05) is 17.1 Å². The predicted molar refractivity (Wildman–Crippen MR) is 112 cm³/mol. The van der Waals surface area contributed by atoms with Gasteiger partial charge < -0.3 is 4.57 Å². The third-order valence-corrected chi connectivity index (χ3v) is 4.98. The Bertz CT molecular complexity index is 1330. The molecular formula is C25H17NO. The molecule has 0 atom stereocenters. The summed E-state index contributed by atoms with van der Waals surface area (Å²) in [6.07, 6.45) is 0. The van der Waals surface area contributed by atoms with Crippen molar-refractivity contribution in [3.05, 3.63) is 113 Å². The number of pyridine rings is 1. The third-order valence-electron chi connectivity index (χ3n) is 4.98. The van der Waals surface area contributed by atoms with Crippen molar-refractivity contribution in [2.45, 2.75) is 0 Å². The minimum atomic E-state index is 0.0425. The number of benzene rings is 4. The first-order chi connectivity index (χ1) is 13.3. The Kier molecular flexibility index (Phi) is 3.61. The molecular weight excluding hydrogens is 330 g/mol. The Morgan fingerprint density at radius 1 is 0.593 bits per heavy atom. The normalized spacial score (nSPS) is 11.1. The quantitative estimate of drug-likeness (QED) is 0.395. The van der Waals surface area contributed by atoms with Gasteiger partial charge in [-0.25, -0.2) is 0 Å². The van der Waals surface area contributed by atoms with Crippen LogP contribution in [-0.4, -0.2) is 4.57 Å². The fourth-order valence-electron chi connectivity index (χ4n) is 3.69. The predicted octanol–water partition coefficient (Wildman–Crippen LogP) is 5.81. The lowest BCUT2D eigenvalue weighted by Crippen LogP contribution is -2.10. The van der Waals surface area contributed by atoms with Crippen molar-refractivity contribution in [3.8, 4) is 16.9 Å². The topological polar surface area (TPSA) is 22.0 Å². The van der Waals surface area contributed by atoms with E-state index < -0.39 is 0 Å². The Hall–Kier alpha value is -3.65. The van der Waals surface area contributed by atoms with E-state index in [4.69, 9.17) is 0 Å². The number of nitrogens with zero attached hydrogens (tertiary/aromatic N) is 1. The summed E-state index contributed by atoms with van der Waals surface area (Å²) in [6.45, 7) is 0. The standard InChI is InChI=1S/C25H17NO/c27-25-17-24(20-15-14-18-8-4-5-9-19(18)16-20)26(21-10-2-1-3-11-21)23-13-7-6-12-22(23)25/h1-17H. The molecule has 2 nitrogen and oxygen atoms in total.